The summed E-state index contributed by atoms with van der Waals surface area (Å²) in [5.41, 5.74) is 0. The quantitative estimate of drug-likeness (QED) is 0.658. The molecule has 0 spiro atoms. The van der Waals surface area contributed by atoms with Crippen LogP contribution >= 0.6 is 0 Å². The van der Waals surface area contributed by atoms with Gasteiger partial charge in [-0.3, -0.25) is 9.59 Å². The Kier molecular flexibility index (Phi) is 4.11. The van der Waals surface area contributed by atoms with Crippen LogP contribution in [0.15, 0.2) is 0 Å². The van der Waals surface area contributed by atoms with Gasteiger partial charge in [0.1, 0.15) is 5.78 Å². The molecule has 1 N–H and O–H groups in total. The minimum atomic E-state index is -0.108. The van der Waals surface area contributed by atoms with E-state index < -0.39 is 0 Å². The highest BCUT2D eigenvalue weighted by Gasteiger charge is 2.30. The van der Waals surface area contributed by atoms with Crippen LogP contribution < -0.4 is 5.32 Å². The number of carbonyl (C=O) groups is 2. The third-order valence-corrected chi connectivity index (χ3v) is 2.50. The lowest BCUT2D eigenvalue weighted by Crippen LogP contribution is -2.33. The highest BCUT2D eigenvalue weighted by Crippen LogP contribution is 2.30. The van der Waals surface area contributed by atoms with Crippen molar-refractivity contribution in [1.29, 1.82) is 0 Å². The molecular formula is C11H19NO2. The Morgan fingerprint density at radius 3 is 2.57 bits per heavy atom. The number of nitrogens with one attached hydrogen (secondary N) is 1. The van der Waals surface area contributed by atoms with Gasteiger partial charge < -0.3 is 5.32 Å². The summed E-state index contributed by atoms with van der Waals surface area (Å²) in [4.78, 5) is 22.6. The van der Waals surface area contributed by atoms with E-state index >= 15 is 0 Å². The molecule has 1 fully saturated rings. The molecule has 0 aromatic heterocycles. The lowest BCUT2D eigenvalue weighted by molar-refractivity contribution is -0.129. The van der Waals surface area contributed by atoms with Gasteiger partial charge in [-0.15, -0.1) is 0 Å². The van der Waals surface area contributed by atoms with Crippen molar-refractivity contribution >= 4 is 11.7 Å². The number of Topliss-reactive ketones (excluding diaryl/α,β-unsaturated/α-hetero) is 1. The lowest BCUT2D eigenvalue weighted by atomic mass is 10.1. The van der Waals surface area contributed by atoms with Crippen LogP contribution in [-0.2, 0) is 9.59 Å². The van der Waals surface area contributed by atoms with E-state index in [-0.39, 0.29) is 30.1 Å². The van der Waals surface area contributed by atoms with Crippen LogP contribution in [-0.4, -0.2) is 17.7 Å². The Bertz CT molecular complexity index is 221. The summed E-state index contributed by atoms with van der Waals surface area (Å²) in [6.07, 6.45) is 4.08. The second-order valence-corrected chi connectivity index (χ2v) is 4.17. The molecule has 1 rings (SSSR count). The molecule has 3 nitrogen and oxygen atoms in total. The van der Waals surface area contributed by atoms with Crippen LogP contribution in [0.1, 0.15) is 46.0 Å². The zero-order valence-electron chi connectivity index (χ0n) is 9.01. The van der Waals surface area contributed by atoms with Crippen LogP contribution in [0, 0.1) is 5.92 Å². The standard InChI is InChI=1S/C11H19NO2/c1-3-4-8(2)12-11(14)7-10(13)9-5-6-9/h8-9H,3-7H2,1-2H3,(H,12,14). The monoisotopic (exact) mass is 197 g/mol. The molecule has 3 heteroatoms. The zero-order chi connectivity index (χ0) is 10.6. The van der Waals surface area contributed by atoms with E-state index in [0.717, 1.165) is 25.7 Å². The Morgan fingerprint density at radius 2 is 2.07 bits per heavy atom. The normalized spacial score (nSPS) is 17.6. The third kappa shape index (κ3) is 3.90. The van der Waals surface area contributed by atoms with Crippen molar-refractivity contribution in [2.45, 2.75) is 52.0 Å². The van der Waals surface area contributed by atoms with E-state index in [2.05, 4.69) is 12.2 Å². The molecule has 0 aromatic carbocycles. The average Bonchev–Trinajstić information content (AvgIpc) is 2.85. The molecule has 80 valence electrons. The van der Waals surface area contributed by atoms with Crippen molar-refractivity contribution in [1.82, 2.24) is 5.32 Å². The largest absolute Gasteiger partial charge is 0.353 e. The number of hydrogen-bond acceptors (Lipinski definition) is 2. The average molecular weight is 197 g/mol. The third-order valence-electron chi connectivity index (χ3n) is 2.50. The second kappa shape index (κ2) is 5.13. The van der Waals surface area contributed by atoms with E-state index in [1.165, 1.54) is 0 Å². The summed E-state index contributed by atoms with van der Waals surface area (Å²) in [6, 6.07) is 0.194. The molecule has 1 amide bonds. The molecule has 0 radical (unpaired) electrons. The van der Waals surface area contributed by atoms with Crippen LogP contribution in [0.5, 0.6) is 0 Å². The van der Waals surface area contributed by atoms with Gasteiger partial charge in [0.25, 0.3) is 0 Å². The fourth-order valence-electron chi connectivity index (χ4n) is 1.54. The number of rotatable bonds is 6. The zero-order valence-corrected chi connectivity index (χ0v) is 9.01. The number of ketones is 1. The van der Waals surface area contributed by atoms with Crippen molar-refractivity contribution < 1.29 is 9.59 Å². The van der Waals surface area contributed by atoms with Crippen molar-refractivity contribution in [3.05, 3.63) is 0 Å². The van der Waals surface area contributed by atoms with Crippen LogP contribution in [0.4, 0.5) is 0 Å². The van der Waals surface area contributed by atoms with E-state index in [9.17, 15) is 9.59 Å². The highest BCUT2D eigenvalue weighted by molar-refractivity contribution is 6.00. The first kappa shape index (κ1) is 11.2. The van der Waals surface area contributed by atoms with E-state index in [1.807, 2.05) is 6.92 Å². The molecule has 0 aliphatic heterocycles. The fraction of sp³-hybridized carbons (Fsp3) is 0.818. The first-order chi connectivity index (χ1) is 6.63. The summed E-state index contributed by atoms with van der Waals surface area (Å²) < 4.78 is 0. The smallest absolute Gasteiger partial charge is 0.227 e. The summed E-state index contributed by atoms with van der Waals surface area (Å²) in [5, 5.41) is 2.83. The molecule has 0 aromatic rings. The van der Waals surface area contributed by atoms with Gasteiger partial charge in [0.2, 0.25) is 5.91 Å². The molecule has 0 heterocycles. The molecule has 1 aliphatic carbocycles. The maximum absolute atomic E-state index is 11.3. The van der Waals surface area contributed by atoms with E-state index in [1.54, 1.807) is 0 Å². The predicted molar refractivity (Wildman–Crippen MR) is 54.9 cm³/mol. The second-order valence-electron chi connectivity index (χ2n) is 4.17. The van der Waals surface area contributed by atoms with Gasteiger partial charge in [0.05, 0.1) is 6.42 Å². The first-order valence-electron chi connectivity index (χ1n) is 5.45. The lowest BCUT2D eigenvalue weighted by Gasteiger charge is -2.11. The van der Waals surface area contributed by atoms with E-state index in [4.69, 9.17) is 0 Å². The minimum Gasteiger partial charge on any atom is -0.353 e. The molecule has 1 atom stereocenters. The van der Waals surface area contributed by atoms with Crippen molar-refractivity contribution in [2.75, 3.05) is 0 Å². The number of amides is 1. The van der Waals surface area contributed by atoms with Crippen LogP contribution in [0.2, 0.25) is 0 Å². The molecular weight excluding hydrogens is 178 g/mol. The summed E-state index contributed by atoms with van der Waals surface area (Å²) >= 11 is 0. The van der Waals surface area contributed by atoms with Gasteiger partial charge in [-0.25, -0.2) is 0 Å². The summed E-state index contributed by atoms with van der Waals surface area (Å²) in [6.45, 7) is 4.06. The van der Waals surface area contributed by atoms with Gasteiger partial charge in [0, 0.05) is 12.0 Å². The molecule has 1 aliphatic rings. The minimum absolute atomic E-state index is 0.0821. The molecule has 1 unspecified atom stereocenters. The Hall–Kier alpha value is -0.860. The maximum Gasteiger partial charge on any atom is 0.227 e. The maximum atomic E-state index is 11.3. The van der Waals surface area contributed by atoms with Crippen LogP contribution in [0.25, 0.3) is 0 Å². The van der Waals surface area contributed by atoms with Crippen molar-refractivity contribution in [2.24, 2.45) is 5.92 Å². The highest BCUT2D eigenvalue weighted by atomic mass is 16.2. The number of hydrogen-bond donors (Lipinski definition) is 1. The molecule has 0 saturated heterocycles. The van der Waals surface area contributed by atoms with Gasteiger partial charge >= 0.3 is 0 Å². The Balaban J connectivity index is 2.17. The van der Waals surface area contributed by atoms with E-state index in [0.29, 0.717) is 0 Å². The Morgan fingerprint density at radius 1 is 1.43 bits per heavy atom. The molecule has 1 saturated carbocycles. The van der Waals surface area contributed by atoms with Crippen molar-refractivity contribution in [3.8, 4) is 0 Å². The van der Waals surface area contributed by atoms with Gasteiger partial charge in [-0.05, 0) is 26.2 Å². The number of carbonyl (C=O) groups excluding carboxylic acids is 2. The van der Waals surface area contributed by atoms with Crippen molar-refractivity contribution in [3.63, 3.8) is 0 Å². The molecule has 0 bridgehead atoms. The van der Waals surface area contributed by atoms with Gasteiger partial charge in [-0.2, -0.15) is 0 Å². The first-order valence-corrected chi connectivity index (χ1v) is 5.45. The van der Waals surface area contributed by atoms with Gasteiger partial charge in [-0.1, -0.05) is 13.3 Å². The van der Waals surface area contributed by atoms with Crippen LogP contribution in [0.3, 0.4) is 0 Å². The topological polar surface area (TPSA) is 46.2 Å². The fourth-order valence-corrected chi connectivity index (χ4v) is 1.54. The van der Waals surface area contributed by atoms with Gasteiger partial charge in [0.15, 0.2) is 0 Å². The summed E-state index contributed by atoms with van der Waals surface area (Å²) in [7, 11) is 0. The predicted octanol–water partition coefficient (Wildman–Crippen LogP) is 1.66. The molecule has 14 heavy (non-hydrogen) atoms. The Labute approximate surface area is 85.3 Å². The summed E-state index contributed by atoms with van der Waals surface area (Å²) in [5.74, 6) is 0.205. The SMILES string of the molecule is CCCC(C)NC(=O)CC(=O)C1CC1.